The van der Waals surface area contributed by atoms with Crippen LogP contribution in [0.15, 0.2) is 11.6 Å². The highest BCUT2D eigenvalue weighted by Gasteiger charge is 2.21. The maximum Gasteiger partial charge on any atom is 0.189 e. The van der Waals surface area contributed by atoms with E-state index in [1.54, 1.807) is 6.08 Å². The van der Waals surface area contributed by atoms with Crippen molar-refractivity contribution in [2.24, 2.45) is 0 Å². The van der Waals surface area contributed by atoms with Crippen LogP contribution in [0.5, 0.6) is 0 Å². The predicted molar refractivity (Wildman–Crippen MR) is 48.3 cm³/mol. The largest absolute Gasteiger partial charge is 0.392 e. The Kier molecular flexibility index (Phi) is 3.59. The van der Waals surface area contributed by atoms with E-state index in [1.165, 1.54) is 0 Å². The smallest absolute Gasteiger partial charge is 0.189 e. The second-order valence-electron chi connectivity index (χ2n) is 3.32. The number of likely N-dealkylation sites (N-methyl/N-ethyl adjacent to an activating group) is 1. The molecule has 1 aliphatic rings. The van der Waals surface area contributed by atoms with Crippen molar-refractivity contribution >= 4 is 5.78 Å². The monoisotopic (exact) mass is 185 g/mol. The van der Waals surface area contributed by atoms with Gasteiger partial charge in [0.25, 0.3) is 0 Å². The van der Waals surface area contributed by atoms with Crippen LogP contribution in [0.25, 0.3) is 0 Å². The summed E-state index contributed by atoms with van der Waals surface area (Å²) in [6.45, 7) is 1.06. The molecular weight excluding hydrogens is 170 g/mol. The lowest BCUT2D eigenvalue weighted by Crippen LogP contribution is -2.32. The zero-order valence-electron chi connectivity index (χ0n) is 7.73. The lowest BCUT2D eigenvalue weighted by Gasteiger charge is -2.20. The van der Waals surface area contributed by atoms with Gasteiger partial charge in [-0.05, 0) is 13.5 Å². The molecule has 0 aromatic carbocycles. The molecule has 0 amide bonds. The van der Waals surface area contributed by atoms with E-state index in [1.807, 2.05) is 11.9 Å². The summed E-state index contributed by atoms with van der Waals surface area (Å²) in [7, 11) is 1.91. The zero-order chi connectivity index (χ0) is 9.84. The van der Waals surface area contributed by atoms with Crippen molar-refractivity contribution in [3.05, 3.63) is 11.6 Å². The number of carbonyl (C=O) groups excluding carboxylic acids is 1. The number of hydrogen-bond acceptors (Lipinski definition) is 4. The Labute approximate surface area is 77.5 Å². The van der Waals surface area contributed by atoms with E-state index in [-0.39, 0.29) is 12.4 Å². The summed E-state index contributed by atoms with van der Waals surface area (Å²) >= 11 is 0. The number of aliphatic hydroxyl groups is 2. The molecule has 0 saturated heterocycles. The third-order valence-corrected chi connectivity index (χ3v) is 2.22. The normalized spacial score (nSPS) is 26.5. The molecule has 0 aromatic heterocycles. The molecule has 2 N–H and O–H groups in total. The molecule has 0 bridgehead atoms. The number of carbonyl (C=O) groups is 1. The molecule has 4 nitrogen and oxygen atoms in total. The molecule has 1 heterocycles. The first-order valence-electron chi connectivity index (χ1n) is 4.36. The topological polar surface area (TPSA) is 60.8 Å². The van der Waals surface area contributed by atoms with Crippen LogP contribution in [-0.4, -0.2) is 53.7 Å². The van der Waals surface area contributed by atoms with E-state index >= 15 is 0 Å². The van der Waals surface area contributed by atoms with Gasteiger partial charge in [-0.15, -0.1) is 0 Å². The maximum absolute atomic E-state index is 11.3. The van der Waals surface area contributed by atoms with Crippen LogP contribution in [-0.2, 0) is 4.79 Å². The highest BCUT2D eigenvalue weighted by Crippen LogP contribution is 2.08. The first-order chi connectivity index (χ1) is 6.15. The lowest BCUT2D eigenvalue weighted by molar-refractivity contribution is -0.124. The van der Waals surface area contributed by atoms with Crippen molar-refractivity contribution in [2.45, 2.75) is 12.5 Å². The van der Waals surface area contributed by atoms with Crippen molar-refractivity contribution in [2.75, 3.05) is 26.7 Å². The fourth-order valence-electron chi connectivity index (χ4n) is 1.29. The Hall–Kier alpha value is -0.710. The Bertz CT molecular complexity index is 225. The highest BCUT2D eigenvalue weighted by molar-refractivity contribution is 5.98. The third kappa shape index (κ3) is 2.62. The van der Waals surface area contributed by atoms with E-state index in [9.17, 15) is 9.90 Å². The summed E-state index contributed by atoms with van der Waals surface area (Å²) in [6, 6.07) is 0. The summed E-state index contributed by atoms with van der Waals surface area (Å²) in [6.07, 6.45) is 1.15. The molecule has 13 heavy (non-hydrogen) atoms. The Morgan fingerprint density at radius 3 is 3.00 bits per heavy atom. The molecule has 4 heteroatoms. The van der Waals surface area contributed by atoms with E-state index in [4.69, 9.17) is 5.11 Å². The lowest BCUT2D eigenvalue weighted by atomic mass is 10.0. The third-order valence-electron chi connectivity index (χ3n) is 2.22. The van der Waals surface area contributed by atoms with Gasteiger partial charge in [-0.3, -0.25) is 4.79 Å². The van der Waals surface area contributed by atoms with Gasteiger partial charge in [0.15, 0.2) is 5.78 Å². The molecule has 0 fully saturated rings. The molecule has 0 aliphatic carbocycles. The molecule has 1 atom stereocenters. The SMILES string of the molecule is CN1CC=C(CO)C(=O)[C@H](O)CC1. The van der Waals surface area contributed by atoms with E-state index < -0.39 is 6.10 Å². The van der Waals surface area contributed by atoms with Crippen molar-refractivity contribution in [1.29, 1.82) is 0 Å². The second kappa shape index (κ2) is 4.50. The van der Waals surface area contributed by atoms with Gasteiger partial charge < -0.3 is 15.1 Å². The van der Waals surface area contributed by atoms with Crippen LogP contribution in [0.2, 0.25) is 0 Å². The molecule has 0 radical (unpaired) electrons. The van der Waals surface area contributed by atoms with Gasteiger partial charge in [-0.2, -0.15) is 0 Å². The van der Waals surface area contributed by atoms with Crippen LogP contribution >= 0.6 is 0 Å². The Balaban J connectivity index is 2.77. The number of aliphatic hydroxyl groups excluding tert-OH is 2. The van der Waals surface area contributed by atoms with Crippen molar-refractivity contribution in [3.8, 4) is 0 Å². The maximum atomic E-state index is 11.3. The molecule has 1 aliphatic heterocycles. The predicted octanol–water partition coefficient (Wildman–Crippen LogP) is -0.829. The van der Waals surface area contributed by atoms with Gasteiger partial charge in [0.05, 0.1) is 6.61 Å². The number of ketones is 1. The van der Waals surface area contributed by atoms with E-state index in [0.717, 1.165) is 0 Å². The quantitative estimate of drug-likeness (QED) is 0.560. The van der Waals surface area contributed by atoms with Gasteiger partial charge in [0.2, 0.25) is 0 Å². The summed E-state index contributed by atoms with van der Waals surface area (Å²) in [5.41, 5.74) is 0.319. The van der Waals surface area contributed by atoms with Crippen LogP contribution in [0.3, 0.4) is 0 Å². The molecular formula is C9H15NO3. The zero-order valence-corrected chi connectivity index (χ0v) is 7.73. The number of rotatable bonds is 1. The number of nitrogens with zero attached hydrogens (tertiary/aromatic N) is 1. The van der Waals surface area contributed by atoms with Crippen molar-refractivity contribution in [1.82, 2.24) is 4.90 Å². The summed E-state index contributed by atoms with van der Waals surface area (Å²) in [5.74, 6) is -0.337. The summed E-state index contributed by atoms with van der Waals surface area (Å²) < 4.78 is 0. The van der Waals surface area contributed by atoms with Crippen LogP contribution in [0.1, 0.15) is 6.42 Å². The van der Waals surface area contributed by atoms with Gasteiger partial charge in [-0.1, -0.05) is 6.08 Å². The van der Waals surface area contributed by atoms with Crippen molar-refractivity contribution < 1.29 is 15.0 Å². The number of hydrogen-bond donors (Lipinski definition) is 2. The Morgan fingerprint density at radius 2 is 2.38 bits per heavy atom. The fraction of sp³-hybridized carbons (Fsp3) is 0.667. The van der Waals surface area contributed by atoms with E-state index in [0.29, 0.717) is 25.1 Å². The molecule has 1 rings (SSSR count). The van der Waals surface area contributed by atoms with Gasteiger partial charge in [-0.25, -0.2) is 0 Å². The van der Waals surface area contributed by atoms with Gasteiger partial charge in [0.1, 0.15) is 6.10 Å². The standard InChI is InChI=1S/C9H15NO3/c1-10-4-2-7(6-11)9(13)8(12)3-5-10/h2,8,11-12H,3-6H2,1H3/t8-/m1/s1. The minimum absolute atomic E-state index is 0.288. The van der Waals surface area contributed by atoms with Gasteiger partial charge in [0, 0.05) is 18.7 Å². The summed E-state index contributed by atoms with van der Waals surface area (Å²) in [4.78, 5) is 13.3. The Morgan fingerprint density at radius 1 is 1.69 bits per heavy atom. The van der Waals surface area contributed by atoms with Crippen molar-refractivity contribution in [3.63, 3.8) is 0 Å². The molecule has 0 spiro atoms. The second-order valence-corrected chi connectivity index (χ2v) is 3.32. The van der Waals surface area contributed by atoms with Gasteiger partial charge >= 0.3 is 0 Å². The average Bonchev–Trinajstić information content (AvgIpc) is 2.13. The minimum atomic E-state index is -0.957. The first-order valence-corrected chi connectivity index (χ1v) is 4.36. The fourth-order valence-corrected chi connectivity index (χ4v) is 1.29. The first kappa shape index (κ1) is 10.4. The number of Topliss-reactive ketones (excluding diaryl/α,β-unsaturated/α-hetero) is 1. The van der Waals surface area contributed by atoms with E-state index in [2.05, 4.69) is 0 Å². The van der Waals surface area contributed by atoms with Crippen LogP contribution in [0, 0.1) is 0 Å². The molecule has 0 saturated carbocycles. The summed E-state index contributed by atoms with van der Waals surface area (Å²) in [5, 5.41) is 18.2. The minimum Gasteiger partial charge on any atom is -0.392 e. The molecule has 0 unspecified atom stereocenters. The highest BCUT2D eigenvalue weighted by atomic mass is 16.3. The molecule has 74 valence electrons. The average molecular weight is 185 g/mol. The molecule has 0 aromatic rings. The van der Waals surface area contributed by atoms with Crippen LogP contribution < -0.4 is 0 Å². The van der Waals surface area contributed by atoms with Crippen LogP contribution in [0.4, 0.5) is 0 Å².